The minimum absolute atomic E-state index is 0.124. The lowest BCUT2D eigenvalue weighted by atomic mass is 10.2. The predicted molar refractivity (Wildman–Crippen MR) is 74.1 cm³/mol. The van der Waals surface area contributed by atoms with Crippen LogP contribution in [0.5, 0.6) is 0 Å². The summed E-state index contributed by atoms with van der Waals surface area (Å²) in [4.78, 5) is 11.8. The van der Waals surface area contributed by atoms with Gasteiger partial charge >= 0.3 is 0 Å². The fourth-order valence-corrected chi connectivity index (χ4v) is 1.87. The first-order valence-electron chi connectivity index (χ1n) is 6.72. The topological polar surface area (TPSA) is 55.1 Å². The first-order valence-corrected chi connectivity index (χ1v) is 6.72. The highest BCUT2D eigenvalue weighted by atomic mass is 19.1. The van der Waals surface area contributed by atoms with Crippen molar-refractivity contribution in [1.29, 1.82) is 0 Å². The van der Waals surface area contributed by atoms with E-state index in [9.17, 15) is 9.18 Å². The van der Waals surface area contributed by atoms with Crippen LogP contribution in [0.3, 0.4) is 0 Å². The van der Waals surface area contributed by atoms with E-state index in [4.69, 9.17) is 4.52 Å². The molecule has 2 aromatic rings. The molecule has 1 N–H and O–H groups in total. The zero-order valence-corrected chi connectivity index (χ0v) is 11.2. The minimum Gasteiger partial charge on any atom is -0.360 e. The normalized spacial score (nSPS) is 13.4. The van der Waals surface area contributed by atoms with Crippen molar-refractivity contribution in [3.8, 4) is 11.8 Å². The highest BCUT2D eigenvalue weighted by Gasteiger charge is 2.28. The molecule has 3 rings (SSSR count). The maximum Gasteiger partial charge on any atom is 0.274 e. The van der Waals surface area contributed by atoms with Gasteiger partial charge in [0.1, 0.15) is 11.6 Å². The quantitative estimate of drug-likeness (QED) is 0.881. The highest BCUT2D eigenvalue weighted by molar-refractivity contribution is 5.92. The Hall–Kier alpha value is -2.61. The number of rotatable bonds is 3. The number of halogens is 1. The highest BCUT2D eigenvalue weighted by Crippen LogP contribution is 2.40. The van der Waals surface area contributed by atoms with Crippen molar-refractivity contribution in [3.05, 3.63) is 53.2 Å². The third-order valence-electron chi connectivity index (χ3n) is 3.17. The molecule has 1 saturated carbocycles. The molecule has 21 heavy (non-hydrogen) atoms. The number of carbonyl (C=O) groups is 1. The molecule has 0 bridgehead atoms. The van der Waals surface area contributed by atoms with E-state index in [0.717, 1.165) is 18.6 Å². The van der Waals surface area contributed by atoms with E-state index in [1.165, 1.54) is 6.07 Å². The van der Waals surface area contributed by atoms with Crippen LogP contribution in [0.15, 0.2) is 34.9 Å². The summed E-state index contributed by atoms with van der Waals surface area (Å²) in [6, 6.07) is 7.91. The molecule has 1 aromatic carbocycles. The van der Waals surface area contributed by atoms with Gasteiger partial charge in [-0.15, -0.1) is 0 Å². The van der Waals surface area contributed by atoms with E-state index in [0.29, 0.717) is 11.5 Å². The molecular weight excluding hydrogens is 271 g/mol. The largest absolute Gasteiger partial charge is 0.360 e. The molecule has 1 fully saturated rings. The van der Waals surface area contributed by atoms with Gasteiger partial charge in [-0.3, -0.25) is 4.79 Å². The zero-order chi connectivity index (χ0) is 14.7. The molecule has 1 amide bonds. The van der Waals surface area contributed by atoms with Crippen LogP contribution in [0.1, 0.15) is 40.6 Å². The molecule has 1 heterocycles. The molecular formula is C16H13FN2O2. The Kier molecular flexibility index (Phi) is 3.69. The zero-order valence-electron chi connectivity index (χ0n) is 11.2. The van der Waals surface area contributed by atoms with Crippen molar-refractivity contribution in [2.45, 2.75) is 18.8 Å². The summed E-state index contributed by atoms with van der Waals surface area (Å²) in [5.74, 6) is 5.84. The Labute approximate surface area is 121 Å². The molecule has 106 valence electrons. The summed E-state index contributed by atoms with van der Waals surface area (Å²) in [7, 11) is 0. The Balaban J connectivity index is 1.55. The van der Waals surface area contributed by atoms with Crippen LogP contribution in [0, 0.1) is 17.7 Å². The van der Waals surface area contributed by atoms with Crippen molar-refractivity contribution >= 4 is 5.91 Å². The van der Waals surface area contributed by atoms with Gasteiger partial charge in [0.2, 0.25) is 0 Å². The first kappa shape index (κ1) is 13.4. The molecule has 0 saturated heterocycles. The van der Waals surface area contributed by atoms with Crippen LogP contribution in [-0.2, 0) is 0 Å². The second kappa shape index (κ2) is 5.80. The van der Waals surface area contributed by atoms with E-state index in [1.54, 1.807) is 24.3 Å². The predicted octanol–water partition coefficient (Wildman–Crippen LogP) is 2.47. The van der Waals surface area contributed by atoms with Crippen LogP contribution in [0.2, 0.25) is 0 Å². The molecule has 1 aliphatic carbocycles. The maximum atomic E-state index is 13.3. The number of hydrogen-bond donors (Lipinski definition) is 1. The summed E-state index contributed by atoms with van der Waals surface area (Å²) in [6.45, 7) is 0.124. The lowest BCUT2D eigenvalue weighted by Gasteiger charge is -1.95. The van der Waals surface area contributed by atoms with E-state index < -0.39 is 0 Å². The van der Waals surface area contributed by atoms with Gasteiger partial charge in [-0.05, 0) is 25.0 Å². The number of benzene rings is 1. The van der Waals surface area contributed by atoms with Crippen LogP contribution >= 0.6 is 0 Å². The minimum atomic E-state index is -0.373. The van der Waals surface area contributed by atoms with Gasteiger partial charge in [0.25, 0.3) is 5.91 Å². The number of nitrogens with one attached hydrogen (secondary N) is 1. The van der Waals surface area contributed by atoms with Crippen molar-refractivity contribution < 1.29 is 13.7 Å². The third-order valence-corrected chi connectivity index (χ3v) is 3.17. The first-order chi connectivity index (χ1) is 10.2. The van der Waals surface area contributed by atoms with Crippen molar-refractivity contribution in [3.63, 3.8) is 0 Å². The van der Waals surface area contributed by atoms with Gasteiger partial charge in [0.15, 0.2) is 5.69 Å². The van der Waals surface area contributed by atoms with E-state index in [1.807, 2.05) is 0 Å². The lowest BCUT2D eigenvalue weighted by molar-refractivity contribution is 0.0949. The number of carbonyl (C=O) groups excluding carboxylic acids is 1. The average molecular weight is 284 g/mol. The lowest BCUT2D eigenvalue weighted by Crippen LogP contribution is -2.23. The number of aromatic nitrogens is 1. The summed E-state index contributed by atoms with van der Waals surface area (Å²) < 4.78 is 18.4. The van der Waals surface area contributed by atoms with E-state index in [2.05, 4.69) is 22.3 Å². The Morgan fingerprint density at radius 3 is 3.00 bits per heavy atom. The van der Waals surface area contributed by atoms with Crippen LogP contribution in [0.4, 0.5) is 4.39 Å². The SMILES string of the molecule is O=C(NCC#Cc1ccccc1F)c1cc(C2CC2)on1. The van der Waals surface area contributed by atoms with Crippen LogP contribution in [-0.4, -0.2) is 17.6 Å². The van der Waals surface area contributed by atoms with Gasteiger partial charge in [0, 0.05) is 12.0 Å². The molecule has 0 radical (unpaired) electrons. The maximum absolute atomic E-state index is 13.3. The second-order valence-corrected chi connectivity index (χ2v) is 4.85. The fraction of sp³-hybridized carbons (Fsp3) is 0.250. The van der Waals surface area contributed by atoms with Crippen molar-refractivity contribution in [2.24, 2.45) is 0 Å². The average Bonchev–Trinajstić information content (AvgIpc) is 3.22. The summed E-state index contributed by atoms with van der Waals surface area (Å²) >= 11 is 0. The smallest absolute Gasteiger partial charge is 0.274 e. The molecule has 5 heteroatoms. The standard InChI is InChI=1S/C16H13FN2O2/c17-13-6-2-1-4-11(13)5-3-9-18-16(20)14-10-15(21-19-14)12-7-8-12/h1-2,4,6,10,12H,7-9H2,(H,18,20). The molecule has 4 nitrogen and oxygen atoms in total. The monoisotopic (exact) mass is 284 g/mol. The molecule has 1 aromatic heterocycles. The Bertz CT molecular complexity index is 723. The third kappa shape index (κ3) is 3.29. The Morgan fingerprint density at radius 2 is 2.24 bits per heavy atom. The number of amides is 1. The van der Waals surface area contributed by atoms with Crippen molar-refractivity contribution in [1.82, 2.24) is 10.5 Å². The molecule has 0 unspecified atom stereocenters. The number of nitrogens with zero attached hydrogens (tertiary/aromatic N) is 1. The van der Waals surface area contributed by atoms with Gasteiger partial charge in [0.05, 0.1) is 12.1 Å². The van der Waals surface area contributed by atoms with Gasteiger partial charge < -0.3 is 9.84 Å². The fourth-order valence-electron chi connectivity index (χ4n) is 1.87. The molecule has 0 aliphatic heterocycles. The van der Waals surface area contributed by atoms with E-state index >= 15 is 0 Å². The molecule has 0 atom stereocenters. The summed E-state index contributed by atoms with van der Waals surface area (Å²) in [5.41, 5.74) is 0.564. The second-order valence-electron chi connectivity index (χ2n) is 4.85. The summed E-state index contributed by atoms with van der Waals surface area (Å²) in [6.07, 6.45) is 2.18. The summed E-state index contributed by atoms with van der Waals surface area (Å²) in [5, 5.41) is 6.34. The van der Waals surface area contributed by atoms with Gasteiger partial charge in [-0.2, -0.15) is 0 Å². The van der Waals surface area contributed by atoms with Crippen LogP contribution in [0.25, 0.3) is 0 Å². The Morgan fingerprint density at radius 1 is 1.43 bits per heavy atom. The van der Waals surface area contributed by atoms with E-state index in [-0.39, 0.29) is 24.0 Å². The van der Waals surface area contributed by atoms with Crippen LogP contribution < -0.4 is 5.32 Å². The van der Waals surface area contributed by atoms with Gasteiger partial charge in [-0.25, -0.2) is 4.39 Å². The number of hydrogen-bond acceptors (Lipinski definition) is 3. The van der Waals surface area contributed by atoms with Gasteiger partial charge in [-0.1, -0.05) is 29.1 Å². The van der Waals surface area contributed by atoms with Crippen molar-refractivity contribution in [2.75, 3.05) is 6.54 Å². The molecule has 1 aliphatic rings. The molecule has 0 spiro atoms.